The molecule has 0 unspecified atom stereocenters. The zero-order chi connectivity index (χ0) is 41.3. The van der Waals surface area contributed by atoms with Gasteiger partial charge in [0.25, 0.3) is 5.91 Å². The largest absolute Gasteiger partial charge is 0.549 e. The summed E-state index contributed by atoms with van der Waals surface area (Å²) in [6.07, 6.45) is 10.8. The van der Waals surface area contributed by atoms with Crippen molar-refractivity contribution in [2.75, 3.05) is 5.75 Å². The molecule has 13 heteroatoms. The van der Waals surface area contributed by atoms with Crippen LogP contribution in [0.2, 0.25) is 0 Å². The van der Waals surface area contributed by atoms with Gasteiger partial charge in [0.15, 0.2) is 11.6 Å². The molecule has 4 rings (SSSR count). The Morgan fingerprint density at radius 3 is 2.15 bits per heavy atom. The number of ketones is 4. The lowest BCUT2D eigenvalue weighted by atomic mass is 9.83. The summed E-state index contributed by atoms with van der Waals surface area (Å²) >= 11 is 0.425. The van der Waals surface area contributed by atoms with E-state index in [1.54, 1.807) is 58.1 Å². The zero-order valence-corrected chi connectivity index (χ0v) is 32.7. The molecule has 0 spiro atoms. The van der Waals surface area contributed by atoms with E-state index in [0.717, 1.165) is 0 Å². The van der Waals surface area contributed by atoms with Crippen LogP contribution in [-0.2, 0) is 14.4 Å². The summed E-state index contributed by atoms with van der Waals surface area (Å²) in [7, 11) is 0. The summed E-state index contributed by atoms with van der Waals surface area (Å²) in [5, 5.41) is 57.3. The molecular formula is C42H48NO11S-. The van der Waals surface area contributed by atoms with Crippen LogP contribution in [-0.4, -0.2) is 79.5 Å². The molecule has 5 N–H and O–H groups in total. The third-order valence-electron chi connectivity index (χ3n) is 9.46. The van der Waals surface area contributed by atoms with Gasteiger partial charge >= 0.3 is 0 Å². The monoisotopic (exact) mass is 774 g/mol. The number of nitrogens with one attached hydrogen (secondary N) is 1. The number of aliphatic hydroxyl groups excluding tert-OH is 3. The Kier molecular flexibility index (Phi) is 15.8. The highest BCUT2D eigenvalue weighted by Crippen LogP contribution is 2.39. The molecule has 12 nitrogen and oxygen atoms in total. The minimum Gasteiger partial charge on any atom is -0.549 e. The number of carbonyl (C=O) groups excluding carboxylic acids is 6. The Morgan fingerprint density at radius 2 is 1.49 bits per heavy atom. The number of amides is 1. The van der Waals surface area contributed by atoms with Crippen molar-refractivity contribution >= 4 is 46.8 Å². The maximum Gasteiger partial charge on any atom is 0.251 e. The van der Waals surface area contributed by atoms with Crippen LogP contribution < -0.4 is 10.4 Å². The van der Waals surface area contributed by atoms with Crippen molar-refractivity contribution in [3.63, 3.8) is 0 Å². The van der Waals surface area contributed by atoms with Crippen LogP contribution in [0.1, 0.15) is 91.0 Å². The first-order valence-electron chi connectivity index (χ1n) is 17.8. The molecule has 294 valence electrons. The number of aliphatic hydroxyl groups is 3. The van der Waals surface area contributed by atoms with Crippen LogP contribution in [0.25, 0.3) is 0 Å². The lowest BCUT2D eigenvalue weighted by molar-refractivity contribution is -0.301. The third kappa shape index (κ3) is 11.3. The maximum absolute atomic E-state index is 14.1. The van der Waals surface area contributed by atoms with Gasteiger partial charge in [-0.1, -0.05) is 75.5 Å². The van der Waals surface area contributed by atoms with Crippen LogP contribution >= 0.6 is 11.8 Å². The van der Waals surface area contributed by atoms with E-state index < -0.39 is 98.5 Å². The Morgan fingerprint density at radius 1 is 0.818 bits per heavy atom. The van der Waals surface area contributed by atoms with E-state index >= 15 is 0 Å². The average molecular weight is 775 g/mol. The normalized spacial score (nSPS) is 30.1. The second-order valence-electron chi connectivity index (χ2n) is 14.0. The van der Waals surface area contributed by atoms with Crippen LogP contribution in [0.4, 0.5) is 0 Å². The summed E-state index contributed by atoms with van der Waals surface area (Å²) in [5.41, 5.74) is -1.15. The number of hydrogen-bond donors (Lipinski definition) is 5. The van der Waals surface area contributed by atoms with Crippen LogP contribution in [0.15, 0.2) is 88.1 Å². The first-order chi connectivity index (χ1) is 25.8. The number of hydrogen-bond acceptors (Lipinski definition) is 12. The number of phenolic OH excluding ortho intramolecular Hbond substituents is 1. The fraction of sp³-hybridized carbons (Fsp3) is 0.381. The molecule has 0 saturated heterocycles. The van der Waals surface area contributed by atoms with E-state index in [-0.39, 0.29) is 40.9 Å². The van der Waals surface area contributed by atoms with Crippen molar-refractivity contribution in [2.24, 2.45) is 17.8 Å². The van der Waals surface area contributed by atoms with E-state index in [1.165, 1.54) is 51.1 Å². The number of allylic oxidation sites excluding steroid dienone is 8. The van der Waals surface area contributed by atoms with Crippen molar-refractivity contribution in [3.8, 4) is 5.75 Å². The molecule has 1 aliphatic carbocycles. The van der Waals surface area contributed by atoms with Crippen molar-refractivity contribution < 1.29 is 54.3 Å². The average Bonchev–Trinajstić information content (AvgIpc) is 3.13. The minimum absolute atomic E-state index is 0.0237. The summed E-state index contributed by atoms with van der Waals surface area (Å²) in [4.78, 5) is 79.2. The fourth-order valence-corrected chi connectivity index (χ4v) is 6.68. The van der Waals surface area contributed by atoms with Crippen LogP contribution in [0.5, 0.6) is 5.75 Å². The number of carboxylic acids is 1. The second-order valence-corrected chi connectivity index (χ2v) is 14.9. The maximum atomic E-state index is 14.1. The third-order valence-corrected chi connectivity index (χ3v) is 10.5. The van der Waals surface area contributed by atoms with Crippen molar-refractivity contribution in [1.29, 1.82) is 0 Å². The highest BCUT2D eigenvalue weighted by molar-refractivity contribution is 8.04. The number of rotatable bonds is 3. The molecule has 4 bridgehead atoms. The number of benzene rings is 1. The first kappa shape index (κ1) is 44.4. The van der Waals surface area contributed by atoms with Crippen molar-refractivity contribution in [2.45, 2.75) is 79.6 Å². The molecule has 3 aliphatic rings. The number of Topliss-reactive ketones (excluding diaryl/α,β-unsaturated/α-hetero) is 4. The van der Waals surface area contributed by atoms with Gasteiger partial charge in [0.1, 0.15) is 11.4 Å². The number of phenols is 1. The summed E-state index contributed by atoms with van der Waals surface area (Å²) in [5.74, 6) is -8.27. The molecule has 55 heavy (non-hydrogen) atoms. The first-order valence-corrected chi connectivity index (χ1v) is 18.8. The molecule has 6 atom stereocenters. The molecule has 1 amide bonds. The molecule has 0 fully saturated rings. The fourth-order valence-electron chi connectivity index (χ4n) is 5.90. The summed E-state index contributed by atoms with van der Waals surface area (Å²) < 4.78 is 0. The van der Waals surface area contributed by atoms with Gasteiger partial charge in [0.2, 0.25) is 11.6 Å². The number of carboxylic acid groups (broad SMARTS) is 1. The highest BCUT2D eigenvalue weighted by Gasteiger charge is 2.39. The number of fused-ring (bicyclic) bond motifs is 18. The van der Waals surface area contributed by atoms with Gasteiger partial charge in [-0.15, -0.1) is 11.8 Å². The predicted octanol–water partition coefficient (Wildman–Crippen LogP) is 3.93. The molecule has 0 radical (unpaired) electrons. The van der Waals surface area contributed by atoms with Gasteiger partial charge < -0.3 is 35.6 Å². The van der Waals surface area contributed by atoms with Gasteiger partial charge in [-0.2, -0.15) is 0 Å². The number of thioether (sulfide) groups is 1. The van der Waals surface area contributed by atoms with Crippen molar-refractivity contribution in [1.82, 2.24) is 5.32 Å². The molecule has 2 heterocycles. The lowest BCUT2D eigenvalue weighted by Crippen LogP contribution is -2.35. The number of aryl methyl sites for hydroxylation is 1. The summed E-state index contributed by atoms with van der Waals surface area (Å²) in [6.45, 7) is 11.0. The van der Waals surface area contributed by atoms with Crippen molar-refractivity contribution in [3.05, 3.63) is 110 Å². The zero-order valence-electron chi connectivity index (χ0n) is 31.9. The van der Waals surface area contributed by atoms with E-state index in [1.807, 2.05) is 0 Å². The second kappa shape index (κ2) is 19.6. The highest BCUT2D eigenvalue weighted by atomic mass is 32.2. The van der Waals surface area contributed by atoms with Crippen LogP contribution in [0.3, 0.4) is 0 Å². The molecule has 0 saturated carbocycles. The van der Waals surface area contributed by atoms with Gasteiger partial charge in [-0.25, -0.2) is 0 Å². The number of carbonyl (C=O) groups is 6. The van der Waals surface area contributed by atoms with Crippen LogP contribution in [0, 0.1) is 24.7 Å². The predicted molar refractivity (Wildman–Crippen MR) is 207 cm³/mol. The Labute approximate surface area is 324 Å². The molecule has 0 aromatic heterocycles. The minimum atomic E-state index is -1.57. The van der Waals surface area contributed by atoms with E-state index in [2.05, 4.69) is 5.32 Å². The van der Waals surface area contributed by atoms with Gasteiger partial charge in [-0.05, 0) is 56.9 Å². The van der Waals surface area contributed by atoms with E-state index in [4.69, 9.17) is 0 Å². The molecule has 1 aromatic carbocycles. The van der Waals surface area contributed by atoms with Gasteiger partial charge in [0.05, 0.1) is 34.7 Å². The Balaban J connectivity index is 2.17. The topological polar surface area (TPSA) is 218 Å². The van der Waals surface area contributed by atoms with Gasteiger partial charge in [0, 0.05) is 46.6 Å². The molecule has 2 aliphatic heterocycles. The smallest absolute Gasteiger partial charge is 0.251 e. The quantitative estimate of drug-likeness (QED) is 0.276. The van der Waals surface area contributed by atoms with E-state index in [0.29, 0.717) is 17.3 Å². The molecular weight excluding hydrogens is 727 g/mol. The standard InChI is InChI=1S/C42H49NO11S/c1-21-11-9-8-10-12-24(4)42(54)43-35-39(52)29-18-27(7)38(51)34(33(29)40(53)41(35)55-20-32(47)48)37(50)26(6)17-25(5)36(49)23(3)14-16-28(44)15-13-22(2)31(46)19-30(21)45/h8-14,16-18,21,23,25,28,30,36,44-45,49,51H,15,19-20H2,1-7H3,(H,43,54)(H,47,48)/p-1/b10-8-,11-9+,16-14+,22-13+,24-12-,26-17+/t21-,23-,25-,28-,30-,36-/m0/s1. The number of aromatic hydroxyl groups is 1. The van der Waals surface area contributed by atoms with E-state index in [9.17, 15) is 54.3 Å². The molecule has 1 aromatic rings. The van der Waals surface area contributed by atoms with Gasteiger partial charge in [-0.3, -0.25) is 24.0 Å². The SMILES string of the molecule is C/C1=C/C=C\C=C\[C@H](C)[C@@H](O)CC(=O)/C(C)=C/C[C@H](O)/C=C/[C@H](C)[C@H](O)[C@@H](C)/C=C(\C)C(=O)c2c(O)c(C)cc3c2C(=O)C(SCC(=O)[O-])=C(NC1=O)C3=O. The number of aliphatic carboxylic acids is 1. The summed E-state index contributed by atoms with van der Waals surface area (Å²) in [6, 6.07) is 1.21. The Hall–Kier alpha value is -4.95. The lowest BCUT2D eigenvalue weighted by Gasteiger charge is -2.25. The Bertz CT molecular complexity index is 1960.